The number of hydrogen-bond acceptors (Lipinski definition) is 6. The van der Waals surface area contributed by atoms with E-state index < -0.39 is 12.1 Å². The lowest BCUT2D eigenvalue weighted by atomic mass is 10.1. The van der Waals surface area contributed by atoms with Crippen molar-refractivity contribution in [1.29, 1.82) is 0 Å². The molecular weight excluding hydrogens is 470 g/mol. The van der Waals surface area contributed by atoms with Gasteiger partial charge in [-0.25, -0.2) is 9.78 Å². The summed E-state index contributed by atoms with van der Waals surface area (Å²) in [6.07, 6.45) is -0.862. The van der Waals surface area contributed by atoms with E-state index in [1.165, 1.54) is 12.1 Å². The molecule has 0 amide bonds. The molecule has 2 N–H and O–H groups in total. The molecule has 0 fully saturated rings. The van der Waals surface area contributed by atoms with E-state index >= 15 is 0 Å². The van der Waals surface area contributed by atoms with Crippen molar-refractivity contribution < 1.29 is 29.2 Å². The van der Waals surface area contributed by atoms with Crippen molar-refractivity contribution >= 4 is 27.6 Å². The summed E-state index contributed by atoms with van der Waals surface area (Å²) < 4.78 is 17.3. The predicted molar refractivity (Wildman–Crippen MR) is 140 cm³/mol. The number of ether oxygens (including phenoxy) is 3. The van der Waals surface area contributed by atoms with Crippen molar-refractivity contribution in [2.75, 3.05) is 13.2 Å². The molecule has 0 spiro atoms. The number of aliphatic hydroxyl groups is 1. The fourth-order valence-electron chi connectivity index (χ4n) is 3.86. The highest BCUT2D eigenvalue weighted by Gasteiger charge is 2.09. The molecule has 1 unspecified atom stereocenters. The van der Waals surface area contributed by atoms with Crippen LogP contribution in [-0.2, 0) is 6.61 Å². The Morgan fingerprint density at radius 1 is 0.703 bits per heavy atom. The Morgan fingerprint density at radius 2 is 1.32 bits per heavy atom. The Hall–Kier alpha value is -4.62. The average molecular weight is 496 g/mol. The standard InChI is InChI=1S/C30H25NO6/c32-25(18-36-26-11-8-22(9-12-26)30(33)34)19-37-28-14-7-20-6-13-27(15-23(20)16-28)35-17-24-10-5-21-3-1-2-4-29(21)31-24/h1-16,25,32H,17-19H2,(H,33,34). The quantitative estimate of drug-likeness (QED) is 0.265. The SMILES string of the molecule is O=C(O)c1ccc(OCC(O)COc2ccc3ccc(OCc4ccc5ccccc5n4)cc3c2)cc1. The van der Waals surface area contributed by atoms with Crippen molar-refractivity contribution in [2.24, 2.45) is 0 Å². The zero-order chi connectivity index (χ0) is 25.6. The van der Waals surface area contributed by atoms with Crippen molar-refractivity contribution in [2.45, 2.75) is 12.7 Å². The second-order valence-electron chi connectivity index (χ2n) is 8.56. The predicted octanol–water partition coefficient (Wildman–Crippen LogP) is 5.48. The van der Waals surface area contributed by atoms with Gasteiger partial charge in [0.25, 0.3) is 0 Å². The third-order valence-electron chi connectivity index (χ3n) is 5.81. The third-order valence-corrected chi connectivity index (χ3v) is 5.81. The van der Waals surface area contributed by atoms with Crippen LogP contribution in [0.25, 0.3) is 21.7 Å². The second-order valence-corrected chi connectivity index (χ2v) is 8.56. The lowest BCUT2D eigenvalue weighted by Crippen LogP contribution is -2.25. The number of benzene rings is 4. The van der Waals surface area contributed by atoms with Gasteiger partial charge in [0.15, 0.2) is 0 Å². The van der Waals surface area contributed by atoms with Gasteiger partial charge in [0.1, 0.15) is 43.2 Å². The molecule has 4 aromatic carbocycles. The van der Waals surface area contributed by atoms with E-state index in [0.29, 0.717) is 18.1 Å². The summed E-state index contributed by atoms with van der Waals surface area (Å²) in [4.78, 5) is 15.6. The van der Waals surface area contributed by atoms with E-state index in [4.69, 9.17) is 19.3 Å². The summed E-state index contributed by atoms with van der Waals surface area (Å²) in [6, 6.07) is 29.5. The molecule has 0 aliphatic heterocycles. The van der Waals surface area contributed by atoms with E-state index in [1.54, 1.807) is 12.1 Å². The maximum atomic E-state index is 10.9. The molecular formula is C30H25NO6. The van der Waals surface area contributed by atoms with Crippen molar-refractivity contribution in [1.82, 2.24) is 4.98 Å². The number of carboxylic acids is 1. The van der Waals surface area contributed by atoms with E-state index in [1.807, 2.05) is 72.8 Å². The fourth-order valence-corrected chi connectivity index (χ4v) is 3.86. The number of aliphatic hydroxyl groups excluding tert-OH is 1. The molecule has 7 nitrogen and oxygen atoms in total. The van der Waals surface area contributed by atoms with Crippen LogP contribution >= 0.6 is 0 Å². The Balaban J connectivity index is 1.16. The molecule has 1 atom stereocenters. The average Bonchev–Trinajstić information content (AvgIpc) is 2.93. The zero-order valence-corrected chi connectivity index (χ0v) is 19.9. The first kappa shape index (κ1) is 24.1. The van der Waals surface area contributed by atoms with Crippen molar-refractivity contribution in [3.8, 4) is 17.2 Å². The molecule has 1 heterocycles. The third kappa shape index (κ3) is 6.15. The minimum Gasteiger partial charge on any atom is -0.491 e. The number of aromatic nitrogens is 1. The molecule has 0 aliphatic carbocycles. The van der Waals surface area contributed by atoms with Gasteiger partial charge in [-0.3, -0.25) is 0 Å². The largest absolute Gasteiger partial charge is 0.491 e. The van der Waals surface area contributed by atoms with E-state index in [0.717, 1.165) is 33.1 Å². The van der Waals surface area contributed by atoms with Crippen LogP contribution in [0.4, 0.5) is 0 Å². The van der Waals surface area contributed by atoms with Crippen LogP contribution in [0.15, 0.2) is 97.1 Å². The minimum absolute atomic E-state index is 0.0147. The van der Waals surface area contributed by atoms with Gasteiger partial charge in [-0.05, 0) is 71.4 Å². The highest BCUT2D eigenvalue weighted by Crippen LogP contribution is 2.26. The summed E-state index contributed by atoms with van der Waals surface area (Å²) in [7, 11) is 0. The number of fused-ring (bicyclic) bond motifs is 2. The maximum absolute atomic E-state index is 10.9. The topological polar surface area (TPSA) is 98.1 Å². The smallest absolute Gasteiger partial charge is 0.335 e. The molecule has 5 aromatic rings. The normalized spacial score (nSPS) is 11.8. The minimum atomic E-state index is -1.00. The van der Waals surface area contributed by atoms with Crippen LogP contribution in [0.1, 0.15) is 16.1 Å². The number of nitrogens with zero attached hydrogens (tertiary/aromatic N) is 1. The van der Waals surface area contributed by atoms with Crippen LogP contribution in [-0.4, -0.2) is 40.5 Å². The number of pyridine rings is 1. The molecule has 186 valence electrons. The van der Waals surface area contributed by atoms with Gasteiger partial charge in [-0.2, -0.15) is 0 Å². The first-order valence-electron chi connectivity index (χ1n) is 11.8. The molecule has 0 bridgehead atoms. The van der Waals surface area contributed by atoms with Crippen LogP contribution in [0.2, 0.25) is 0 Å². The Morgan fingerprint density at radius 3 is 2.05 bits per heavy atom. The molecule has 7 heteroatoms. The lowest BCUT2D eigenvalue weighted by molar-refractivity contribution is 0.0626. The molecule has 0 radical (unpaired) electrons. The van der Waals surface area contributed by atoms with E-state index in [-0.39, 0.29) is 18.8 Å². The van der Waals surface area contributed by atoms with Crippen LogP contribution < -0.4 is 14.2 Å². The van der Waals surface area contributed by atoms with Gasteiger partial charge >= 0.3 is 5.97 Å². The summed E-state index contributed by atoms with van der Waals surface area (Å²) in [5, 5.41) is 22.3. The summed E-state index contributed by atoms with van der Waals surface area (Å²) in [5.74, 6) is 0.810. The fraction of sp³-hybridized carbons (Fsp3) is 0.133. The lowest BCUT2D eigenvalue weighted by Gasteiger charge is -2.14. The molecule has 5 rings (SSSR count). The van der Waals surface area contributed by atoms with Gasteiger partial charge < -0.3 is 24.4 Å². The van der Waals surface area contributed by atoms with Crippen LogP contribution in [0, 0.1) is 0 Å². The monoisotopic (exact) mass is 495 g/mol. The van der Waals surface area contributed by atoms with Gasteiger partial charge in [0.05, 0.1) is 16.8 Å². The molecule has 37 heavy (non-hydrogen) atoms. The van der Waals surface area contributed by atoms with Crippen molar-refractivity contribution in [3.63, 3.8) is 0 Å². The van der Waals surface area contributed by atoms with Gasteiger partial charge in [0.2, 0.25) is 0 Å². The van der Waals surface area contributed by atoms with E-state index in [2.05, 4.69) is 4.98 Å². The second kappa shape index (κ2) is 11.0. The Labute approximate surface area is 213 Å². The first-order chi connectivity index (χ1) is 18.0. The molecule has 0 aliphatic rings. The van der Waals surface area contributed by atoms with Gasteiger partial charge in [-0.1, -0.05) is 36.4 Å². The first-order valence-corrected chi connectivity index (χ1v) is 11.8. The Bertz CT molecular complexity index is 1530. The number of para-hydroxylation sites is 1. The van der Waals surface area contributed by atoms with Crippen LogP contribution in [0.3, 0.4) is 0 Å². The van der Waals surface area contributed by atoms with Crippen molar-refractivity contribution in [3.05, 3.63) is 108 Å². The number of carbonyl (C=O) groups is 1. The van der Waals surface area contributed by atoms with Crippen LogP contribution in [0.5, 0.6) is 17.2 Å². The number of aromatic carboxylic acids is 1. The maximum Gasteiger partial charge on any atom is 0.335 e. The Kier molecular flexibility index (Phi) is 7.14. The number of hydrogen-bond donors (Lipinski definition) is 2. The number of carboxylic acid groups (broad SMARTS) is 1. The zero-order valence-electron chi connectivity index (χ0n) is 19.9. The van der Waals surface area contributed by atoms with E-state index in [9.17, 15) is 9.90 Å². The summed E-state index contributed by atoms with van der Waals surface area (Å²) in [5.41, 5.74) is 1.96. The van der Waals surface area contributed by atoms with Gasteiger partial charge in [0, 0.05) is 5.39 Å². The summed E-state index contributed by atoms with van der Waals surface area (Å²) >= 11 is 0. The highest BCUT2D eigenvalue weighted by atomic mass is 16.5. The summed E-state index contributed by atoms with van der Waals surface area (Å²) in [6.45, 7) is 0.418. The molecule has 0 saturated carbocycles. The number of rotatable bonds is 10. The molecule has 1 aromatic heterocycles. The highest BCUT2D eigenvalue weighted by molar-refractivity contribution is 5.87. The van der Waals surface area contributed by atoms with Gasteiger partial charge in [-0.15, -0.1) is 0 Å². The molecule has 0 saturated heterocycles.